The Labute approximate surface area is 374 Å². The summed E-state index contributed by atoms with van der Waals surface area (Å²) in [5.74, 6) is 0.605. The number of allylic oxidation sites excluding steroid dienone is 3. The van der Waals surface area contributed by atoms with Crippen LogP contribution in [0, 0.1) is 5.92 Å². The molecule has 3 aliphatic carbocycles. The minimum absolute atomic E-state index is 0.299. The van der Waals surface area contributed by atoms with Crippen LogP contribution in [0.1, 0.15) is 40.7 Å². The molecule has 0 fully saturated rings. The first-order valence-electron chi connectivity index (χ1n) is 22.5. The van der Waals surface area contributed by atoms with Crippen LogP contribution < -0.4 is 4.90 Å². The van der Waals surface area contributed by atoms with Crippen LogP contribution in [0.15, 0.2) is 242 Å². The molecule has 0 amide bonds. The van der Waals surface area contributed by atoms with Crippen LogP contribution in [0.3, 0.4) is 0 Å². The van der Waals surface area contributed by atoms with Crippen LogP contribution in [0.4, 0.5) is 11.4 Å². The molecule has 64 heavy (non-hydrogen) atoms. The summed E-state index contributed by atoms with van der Waals surface area (Å²) >= 11 is 0. The number of fused-ring (bicyclic) bond motifs is 13. The predicted octanol–water partition coefficient (Wildman–Crippen LogP) is 15.8. The average molecular weight is 817 g/mol. The molecule has 9 aromatic carbocycles. The lowest BCUT2D eigenvalue weighted by molar-refractivity contribution is 0.628. The summed E-state index contributed by atoms with van der Waals surface area (Å²) in [7, 11) is 0. The minimum atomic E-state index is -0.421. The van der Waals surface area contributed by atoms with Gasteiger partial charge in [0.15, 0.2) is 0 Å². The van der Waals surface area contributed by atoms with Gasteiger partial charge in [-0.05, 0) is 128 Å². The Morgan fingerprint density at radius 3 is 1.66 bits per heavy atom. The van der Waals surface area contributed by atoms with Crippen LogP contribution in [0.2, 0.25) is 0 Å². The number of rotatable bonds is 6. The normalized spacial score (nSPS) is 16.4. The molecule has 0 bridgehead atoms. The summed E-state index contributed by atoms with van der Waals surface area (Å²) in [6.07, 6.45) is 7.23. The molecule has 0 saturated carbocycles. The maximum atomic E-state index is 2.50. The summed E-state index contributed by atoms with van der Waals surface area (Å²) in [6, 6.07) is 81.0. The van der Waals surface area contributed by atoms with Crippen molar-refractivity contribution in [3.05, 3.63) is 270 Å². The van der Waals surface area contributed by atoms with Crippen LogP contribution in [0.25, 0.3) is 60.9 Å². The summed E-state index contributed by atoms with van der Waals surface area (Å²) in [5.41, 5.74) is 21.0. The van der Waals surface area contributed by atoms with E-state index in [0.717, 1.165) is 11.4 Å². The molecule has 1 aromatic heterocycles. The van der Waals surface area contributed by atoms with E-state index in [-0.39, 0.29) is 0 Å². The highest BCUT2D eigenvalue weighted by molar-refractivity contribution is 6.10. The monoisotopic (exact) mass is 816 g/mol. The van der Waals surface area contributed by atoms with E-state index in [1.165, 1.54) is 94.4 Å². The van der Waals surface area contributed by atoms with Gasteiger partial charge in [-0.15, -0.1) is 0 Å². The second kappa shape index (κ2) is 14.3. The highest BCUT2D eigenvalue weighted by Gasteiger charge is 2.51. The summed E-state index contributed by atoms with van der Waals surface area (Å²) in [4.78, 5) is 2.48. The fourth-order valence-electron chi connectivity index (χ4n) is 11.5. The highest BCUT2D eigenvalue weighted by Crippen LogP contribution is 2.63. The Morgan fingerprint density at radius 1 is 0.438 bits per heavy atom. The third-order valence-corrected chi connectivity index (χ3v) is 14.3. The zero-order valence-electron chi connectivity index (χ0n) is 35.6. The molecule has 0 aliphatic heterocycles. The van der Waals surface area contributed by atoms with E-state index < -0.39 is 5.41 Å². The van der Waals surface area contributed by atoms with Crippen molar-refractivity contribution in [2.24, 2.45) is 5.92 Å². The zero-order chi connectivity index (χ0) is 42.4. The summed E-state index contributed by atoms with van der Waals surface area (Å²) < 4.78 is 2.38. The Morgan fingerprint density at radius 2 is 0.984 bits per heavy atom. The molecule has 0 radical (unpaired) electrons. The van der Waals surface area contributed by atoms with E-state index >= 15 is 0 Å². The first kappa shape index (κ1) is 36.7. The van der Waals surface area contributed by atoms with Gasteiger partial charge in [-0.3, -0.25) is 0 Å². The van der Waals surface area contributed by atoms with Crippen LogP contribution >= 0.6 is 0 Å². The highest BCUT2D eigenvalue weighted by atomic mass is 15.1. The van der Waals surface area contributed by atoms with E-state index in [1.54, 1.807) is 0 Å². The van der Waals surface area contributed by atoms with Gasteiger partial charge in [-0.2, -0.15) is 0 Å². The molecule has 13 rings (SSSR count). The second-order valence-corrected chi connectivity index (χ2v) is 17.7. The third-order valence-electron chi connectivity index (χ3n) is 14.3. The fraction of sp³-hybridized carbons (Fsp3) is 0.0645. The van der Waals surface area contributed by atoms with Crippen LogP contribution in [-0.2, 0) is 5.41 Å². The van der Waals surface area contributed by atoms with Crippen LogP contribution in [-0.4, -0.2) is 4.57 Å². The maximum Gasteiger partial charge on any atom is 0.0726 e. The number of hydrogen-bond acceptors (Lipinski definition) is 1. The molecule has 0 N–H and O–H groups in total. The lowest BCUT2D eigenvalue weighted by Gasteiger charge is -2.34. The fourth-order valence-corrected chi connectivity index (χ4v) is 11.5. The van der Waals surface area contributed by atoms with Gasteiger partial charge in [0.25, 0.3) is 0 Å². The quantitative estimate of drug-likeness (QED) is 0.162. The number of anilines is 2. The topological polar surface area (TPSA) is 8.17 Å². The van der Waals surface area contributed by atoms with Crippen molar-refractivity contribution in [1.82, 2.24) is 4.57 Å². The molecule has 2 heteroatoms. The van der Waals surface area contributed by atoms with Crippen LogP contribution in [0.5, 0.6) is 0 Å². The Kier molecular flexibility index (Phi) is 8.20. The van der Waals surface area contributed by atoms with Gasteiger partial charge < -0.3 is 9.47 Å². The number of aromatic nitrogens is 1. The van der Waals surface area contributed by atoms with E-state index in [9.17, 15) is 0 Å². The Balaban J connectivity index is 0.963. The predicted molar refractivity (Wildman–Crippen MR) is 267 cm³/mol. The van der Waals surface area contributed by atoms with Crippen molar-refractivity contribution in [3.63, 3.8) is 0 Å². The molecular formula is C62H44N2. The van der Waals surface area contributed by atoms with Gasteiger partial charge in [-0.25, -0.2) is 0 Å². The second-order valence-electron chi connectivity index (χ2n) is 17.7. The van der Waals surface area contributed by atoms with Crippen molar-refractivity contribution in [1.29, 1.82) is 0 Å². The van der Waals surface area contributed by atoms with Gasteiger partial charge in [-0.1, -0.05) is 183 Å². The molecule has 3 aliphatic rings. The average Bonchev–Trinajstić information content (AvgIpc) is 3.96. The SMILES string of the molecule is CC1C=C(N(c2ccc(-c3ccc4c(c3)c3ccccc3n4-c3ccccc3)cc2)c2ccc3c(c2)C2(c4ccccc4-c4ccccc42)c2ccccc2-3)C=CC1c1ccccc1. The molecule has 10 aromatic rings. The number of benzene rings is 9. The number of nitrogens with zero attached hydrogens (tertiary/aromatic N) is 2. The first-order chi connectivity index (χ1) is 31.7. The number of hydrogen-bond donors (Lipinski definition) is 0. The summed E-state index contributed by atoms with van der Waals surface area (Å²) in [6.45, 7) is 2.36. The lowest BCUT2D eigenvalue weighted by Crippen LogP contribution is -2.26. The van der Waals surface area contributed by atoms with Gasteiger partial charge in [0.1, 0.15) is 0 Å². The molecule has 2 nitrogen and oxygen atoms in total. The first-order valence-corrected chi connectivity index (χ1v) is 22.5. The molecule has 2 atom stereocenters. The number of para-hydroxylation sites is 2. The van der Waals surface area contributed by atoms with Gasteiger partial charge >= 0.3 is 0 Å². The standard InChI is InChI=1S/C62H44N2/c1-41-38-47(33-35-49(41)43-16-4-2-5-17-43)63(46-31-28-42(29-32-46)44-30-37-61-55(39-44)54-23-11-15-27-60(54)64(61)45-18-6-3-7-19-45)48-34-36-53-52-22-10-14-26-58(52)62(59(53)40-48)56-24-12-8-20-50(56)51-21-9-13-25-57(51)62/h2-41,49H,1H3. The van der Waals surface area contributed by atoms with Crippen molar-refractivity contribution in [3.8, 4) is 39.1 Å². The van der Waals surface area contributed by atoms with E-state index in [1.807, 2.05) is 0 Å². The van der Waals surface area contributed by atoms with Crippen molar-refractivity contribution < 1.29 is 0 Å². The molecule has 1 heterocycles. The molecule has 302 valence electrons. The van der Waals surface area contributed by atoms with Gasteiger partial charge in [0, 0.05) is 39.4 Å². The maximum absolute atomic E-state index is 2.50. The molecule has 2 unspecified atom stereocenters. The smallest absolute Gasteiger partial charge is 0.0726 e. The van der Waals surface area contributed by atoms with E-state index in [0.29, 0.717) is 11.8 Å². The van der Waals surface area contributed by atoms with Crippen molar-refractivity contribution >= 4 is 33.2 Å². The minimum Gasteiger partial charge on any atom is -0.311 e. The van der Waals surface area contributed by atoms with E-state index in [2.05, 4.69) is 253 Å². The molecule has 0 saturated heterocycles. The largest absolute Gasteiger partial charge is 0.311 e. The van der Waals surface area contributed by atoms with Crippen molar-refractivity contribution in [2.75, 3.05) is 4.90 Å². The van der Waals surface area contributed by atoms with Gasteiger partial charge in [0.2, 0.25) is 0 Å². The van der Waals surface area contributed by atoms with E-state index in [4.69, 9.17) is 0 Å². The Hall–Kier alpha value is -7.94. The Bertz CT molecular complexity index is 3450. The summed E-state index contributed by atoms with van der Waals surface area (Å²) in [5, 5.41) is 2.51. The molecular weight excluding hydrogens is 773 g/mol. The molecule has 1 spiro atoms. The lowest BCUT2D eigenvalue weighted by atomic mass is 9.70. The zero-order valence-corrected chi connectivity index (χ0v) is 35.6. The van der Waals surface area contributed by atoms with Gasteiger partial charge in [0.05, 0.1) is 16.4 Å². The van der Waals surface area contributed by atoms with Crippen molar-refractivity contribution in [2.45, 2.75) is 18.3 Å². The third kappa shape index (κ3) is 5.33.